The molecule has 0 aliphatic carbocycles. The zero-order valence-electron chi connectivity index (χ0n) is 10.6. The molecule has 1 N–H and O–H groups in total. The molecule has 0 radical (unpaired) electrons. The van der Waals surface area contributed by atoms with Crippen LogP contribution in [0.5, 0.6) is 0 Å². The molecule has 0 amide bonds. The lowest BCUT2D eigenvalue weighted by atomic mass is 10.0. The highest BCUT2D eigenvalue weighted by atomic mass is 19.1. The van der Waals surface area contributed by atoms with Gasteiger partial charge in [0, 0.05) is 38.3 Å². The molecule has 0 bridgehead atoms. The van der Waals surface area contributed by atoms with E-state index < -0.39 is 0 Å². The third kappa shape index (κ3) is 2.83. The van der Waals surface area contributed by atoms with Gasteiger partial charge in [0.1, 0.15) is 12.1 Å². The summed E-state index contributed by atoms with van der Waals surface area (Å²) >= 11 is 0. The van der Waals surface area contributed by atoms with Gasteiger partial charge in [0.25, 0.3) is 0 Å². The molecule has 100 valence electrons. The lowest BCUT2D eigenvalue weighted by molar-refractivity contribution is 0.149. The van der Waals surface area contributed by atoms with Gasteiger partial charge in [-0.1, -0.05) is 17.3 Å². The van der Waals surface area contributed by atoms with Crippen molar-refractivity contribution >= 4 is 0 Å². The molecule has 5 heteroatoms. The second-order valence-corrected chi connectivity index (χ2v) is 4.74. The van der Waals surface area contributed by atoms with Crippen molar-refractivity contribution in [2.75, 3.05) is 19.6 Å². The minimum Gasteiger partial charge on any atom is -0.364 e. The summed E-state index contributed by atoms with van der Waals surface area (Å²) in [6.45, 7) is 3.39. The highest BCUT2D eigenvalue weighted by Crippen LogP contribution is 2.24. The first-order valence-electron chi connectivity index (χ1n) is 6.42. The van der Waals surface area contributed by atoms with E-state index in [9.17, 15) is 4.39 Å². The monoisotopic (exact) mass is 261 g/mol. The number of hydrogen-bond acceptors (Lipinski definition) is 4. The maximum Gasteiger partial charge on any atom is 0.124 e. The summed E-state index contributed by atoms with van der Waals surface area (Å²) in [6.07, 6.45) is 1.58. The molecule has 1 saturated heterocycles. The molecule has 2 heterocycles. The Labute approximate surface area is 111 Å². The average Bonchev–Trinajstić information content (AvgIpc) is 2.92. The number of piperazine rings is 1. The van der Waals surface area contributed by atoms with Crippen LogP contribution in [0.4, 0.5) is 4.39 Å². The Morgan fingerprint density at radius 1 is 1.42 bits per heavy atom. The lowest BCUT2D eigenvalue weighted by Crippen LogP contribution is -2.45. The molecule has 1 unspecified atom stereocenters. The minimum absolute atomic E-state index is 0.168. The summed E-state index contributed by atoms with van der Waals surface area (Å²) in [4.78, 5) is 2.29. The fourth-order valence-electron chi connectivity index (χ4n) is 2.51. The van der Waals surface area contributed by atoms with Gasteiger partial charge < -0.3 is 9.84 Å². The highest BCUT2D eigenvalue weighted by Gasteiger charge is 2.24. The van der Waals surface area contributed by atoms with Gasteiger partial charge in [-0.2, -0.15) is 0 Å². The predicted octanol–water partition coefficient (Wildman–Crippen LogP) is 1.96. The Balaban J connectivity index is 1.80. The van der Waals surface area contributed by atoms with E-state index in [0.717, 1.165) is 37.4 Å². The van der Waals surface area contributed by atoms with Crippen LogP contribution in [0.25, 0.3) is 0 Å². The number of aromatic nitrogens is 1. The molecule has 0 saturated carbocycles. The van der Waals surface area contributed by atoms with Gasteiger partial charge in [0.05, 0.1) is 5.69 Å². The van der Waals surface area contributed by atoms with Crippen molar-refractivity contribution in [2.45, 2.75) is 12.6 Å². The molecule has 3 rings (SSSR count). The minimum atomic E-state index is -0.190. The van der Waals surface area contributed by atoms with Crippen LogP contribution >= 0.6 is 0 Å². The molecule has 0 spiro atoms. The van der Waals surface area contributed by atoms with Crippen molar-refractivity contribution in [1.82, 2.24) is 15.4 Å². The quantitative estimate of drug-likeness (QED) is 0.917. The van der Waals surface area contributed by atoms with E-state index in [1.54, 1.807) is 18.4 Å². The predicted molar refractivity (Wildman–Crippen MR) is 68.9 cm³/mol. The van der Waals surface area contributed by atoms with E-state index in [1.807, 2.05) is 12.1 Å². The van der Waals surface area contributed by atoms with Gasteiger partial charge >= 0.3 is 0 Å². The fourth-order valence-corrected chi connectivity index (χ4v) is 2.51. The number of hydrogen-bond donors (Lipinski definition) is 1. The Bertz CT molecular complexity index is 529. The van der Waals surface area contributed by atoms with E-state index in [1.165, 1.54) is 6.07 Å². The molecule has 1 aromatic carbocycles. The molecular weight excluding hydrogens is 245 g/mol. The zero-order valence-corrected chi connectivity index (χ0v) is 10.6. The van der Waals surface area contributed by atoms with Crippen LogP contribution in [0.15, 0.2) is 41.1 Å². The van der Waals surface area contributed by atoms with Crippen LogP contribution in [-0.4, -0.2) is 29.7 Å². The fraction of sp³-hybridized carbons (Fsp3) is 0.357. The van der Waals surface area contributed by atoms with Crippen molar-refractivity contribution in [2.24, 2.45) is 0 Å². The summed E-state index contributed by atoms with van der Waals surface area (Å²) in [5, 5.41) is 7.30. The van der Waals surface area contributed by atoms with E-state index in [2.05, 4.69) is 15.4 Å². The first kappa shape index (κ1) is 12.3. The average molecular weight is 261 g/mol. The number of nitrogens with one attached hydrogen (secondary N) is 1. The van der Waals surface area contributed by atoms with Crippen LogP contribution in [0.3, 0.4) is 0 Å². The van der Waals surface area contributed by atoms with Crippen molar-refractivity contribution in [3.8, 4) is 0 Å². The second kappa shape index (κ2) is 5.50. The molecule has 4 nitrogen and oxygen atoms in total. The Kier molecular flexibility index (Phi) is 3.57. The topological polar surface area (TPSA) is 41.3 Å². The number of benzene rings is 1. The van der Waals surface area contributed by atoms with E-state index in [4.69, 9.17) is 4.52 Å². The third-order valence-corrected chi connectivity index (χ3v) is 3.44. The third-order valence-electron chi connectivity index (χ3n) is 3.44. The van der Waals surface area contributed by atoms with Crippen molar-refractivity contribution in [3.05, 3.63) is 53.7 Å². The molecule has 1 aliphatic heterocycles. The maximum absolute atomic E-state index is 13.4. The Morgan fingerprint density at radius 2 is 2.37 bits per heavy atom. The molecular formula is C14H16FN3O. The summed E-state index contributed by atoms with van der Waals surface area (Å²) in [7, 11) is 0. The first-order valence-corrected chi connectivity index (χ1v) is 6.42. The van der Waals surface area contributed by atoms with Crippen LogP contribution in [0.1, 0.15) is 17.3 Å². The first-order chi connectivity index (χ1) is 9.33. The summed E-state index contributed by atoms with van der Waals surface area (Å²) in [6, 6.07) is 8.84. The SMILES string of the molecule is Fc1cccc(C2CNCCN2Cc2ccon2)c1. The van der Waals surface area contributed by atoms with Gasteiger partial charge in [-0.3, -0.25) is 4.90 Å². The zero-order chi connectivity index (χ0) is 13.1. The molecule has 1 aliphatic rings. The van der Waals surface area contributed by atoms with Crippen LogP contribution < -0.4 is 5.32 Å². The van der Waals surface area contributed by atoms with E-state index >= 15 is 0 Å². The van der Waals surface area contributed by atoms with E-state index in [-0.39, 0.29) is 11.9 Å². The molecule has 19 heavy (non-hydrogen) atoms. The van der Waals surface area contributed by atoms with Crippen molar-refractivity contribution in [1.29, 1.82) is 0 Å². The van der Waals surface area contributed by atoms with Gasteiger partial charge in [-0.15, -0.1) is 0 Å². The van der Waals surface area contributed by atoms with Crippen LogP contribution in [0, 0.1) is 5.82 Å². The molecule has 1 aromatic heterocycles. The molecule has 1 atom stereocenters. The van der Waals surface area contributed by atoms with Gasteiger partial charge in [-0.25, -0.2) is 4.39 Å². The molecule has 2 aromatic rings. The highest BCUT2D eigenvalue weighted by molar-refractivity contribution is 5.21. The summed E-state index contributed by atoms with van der Waals surface area (Å²) in [5.74, 6) is -0.190. The summed E-state index contributed by atoms with van der Waals surface area (Å²) < 4.78 is 18.2. The standard InChI is InChI=1S/C14H16FN3O/c15-12-3-1-2-11(8-12)14-9-16-5-6-18(14)10-13-4-7-19-17-13/h1-4,7-8,14,16H,5-6,9-10H2. The van der Waals surface area contributed by atoms with E-state index in [0.29, 0.717) is 0 Å². The second-order valence-electron chi connectivity index (χ2n) is 4.74. The number of rotatable bonds is 3. The van der Waals surface area contributed by atoms with Crippen molar-refractivity contribution in [3.63, 3.8) is 0 Å². The van der Waals surface area contributed by atoms with Gasteiger partial charge in [0.2, 0.25) is 0 Å². The van der Waals surface area contributed by atoms with Gasteiger partial charge in [-0.05, 0) is 17.7 Å². The number of halogens is 1. The largest absolute Gasteiger partial charge is 0.364 e. The van der Waals surface area contributed by atoms with Crippen LogP contribution in [0.2, 0.25) is 0 Å². The Morgan fingerprint density at radius 3 is 3.16 bits per heavy atom. The lowest BCUT2D eigenvalue weighted by Gasteiger charge is -2.36. The summed E-state index contributed by atoms with van der Waals surface area (Å²) in [5.41, 5.74) is 1.90. The Hall–Kier alpha value is -1.72. The van der Waals surface area contributed by atoms with Crippen LogP contribution in [-0.2, 0) is 6.54 Å². The van der Waals surface area contributed by atoms with Crippen molar-refractivity contribution < 1.29 is 8.91 Å². The smallest absolute Gasteiger partial charge is 0.124 e. The maximum atomic E-state index is 13.4. The molecule has 1 fully saturated rings. The number of nitrogens with zero attached hydrogens (tertiary/aromatic N) is 2. The normalized spacial score (nSPS) is 20.6. The van der Waals surface area contributed by atoms with Gasteiger partial charge in [0.15, 0.2) is 0 Å².